The number of ether oxygens (including phenoxy) is 4. The van der Waals surface area contributed by atoms with Gasteiger partial charge in [0.2, 0.25) is 0 Å². The summed E-state index contributed by atoms with van der Waals surface area (Å²) >= 11 is 7.07. The summed E-state index contributed by atoms with van der Waals surface area (Å²) in [6.07, 6.45) is 2.78. The number of carbonyl (C=O) groups excluding carboxylic acids is 1. The van der Waals surface area contributed by atoms with Crippen LogP contribution in [0.1, 0.15) is 40.0 Å². The molecule has 6 heteroatoms. The molecule has 0 amide bonds. The maximum absolute atomic E-state index is 12.2. The van der Waals surface area contributed by atoms with Crippen molar-refractivity contribution < 1.29 is 23.7 Å². The fourth-order valence-electron chi connectivity index (χ4n) is 8.17. The number of fused-ring (bicyclic) bond motifs is 2. The highest BCUT2D eigenvalue weighted by Gasteiger charge is 3.00. The third kappa shape index (κ3) is 1.38. The van der Waals surface area contributed by atoms with Gasteiger partial charge in [-0.15, -0.1) is 11.6 Å². The number of alkyl halides is 1. The van der Waals surface area contributed by atoms with Gasteiger partial charge in [0.25, 0.3) is 0 Å². The molecule has 0 bridgehead atoms. The Bertz CT molecular complexity index is 832. The van der Waals surface area contributed by atoms with Gasteiger partial charge in [-0.2, -0.15) is 0 Å². The number of hydrogen-bond acceptors (Lipinski definition) is 5. The van der Waals surface area contributed by atoms with Gasteiger partial charge in [0.05, 0.1) is 18.1 Å². The summed E-state index contributed by atoms with van der Waals surface area (Å²) < 4.78 is 24.9. The minimum Gasteiger partial charge on any atom is -0.458 e. The smallest absolute Gasteiger partial charge is 0.334 e. The lowest BCUT2D eigenvalue weighted by molar-refractivity contribution is -0.136. The van der Waals surface area contributed by atoms with E-state index in [1.54, 1.807) is 0 Å². The van der Waals surface area contributed by atoms with Crippen LogP contribution in [0.5, 0.6) is 0 Å². The van der Waals surface area contributed by atoms with Gasteiger partial charge in [0.15, 0.2) is 5.60 Å². The molecule has 0 N–H and O–H groups in total. The maximum atomic E-state index is 12.2. The van der Waals surface area contributed by atoms with Crippen LogP contribution in [0.4, 0.5) is 0 Å². The first-order valence-electron chi connectivity index (χ1n) is 10.4. The molecule has 4 heterocycles. The molecule has 5 nitrogen and oxygen atoms in total. The van der Waals surface area contributed by atoms with Gasteiger partial charge < -0.3 is 18.9 Å². The van der Waals surface area contributed by atoms with E-state index < -0.39 is 0 Å². The van der Waals surface area contributed by atoms with Crippen molar-refractivity contribution in [3.8, 4) is 0 Å². The molecule has 5 fully saturated rings. The summed E-state index contributed by atoms with van der Waals surface area (Å²) in [6.45, 7) is 7.98. The quantitative estimate of drug-likeness (QED) is 0.390. The molecule has 146 valence electrons. The number of hydrogen-bond donors (Lipinski definition) is 0. The highest BCUT2D eigenvalue weighted by Crippen LogP contribution is 2.84. The van der Waals surface area contributed by atoms with Gasteiger partial charge in [-0.3, -0.25) is 0 Å². The zero-order chi connectivity index (χ0) is 18.6. The molecule has 27 heavy (non-hydrogen) atoms. The van der Waals surface area contributed by atoms with Crippen LogP contribution in [-0.2, 0) is 23.7 Å². The van der Waals surface area contributed by atoms with Crippen LogP contribution in [0.2, 0.25) is 0 Å². The molecule has 0 aromatic rings. The summed E-state index contributed by atoms with van der Waals surface area (Å²) in [5, 5.41) is -0.0598. The van der Waals surface area contributed by atoms with Crippen LogP contribution >= 0.6 is 11.6 Å². The monoisotopic (exact) mass is 392 g/mol. The normalized spacial score (nSPS) is 61.7. The van der Waals surface area contributed by atoms with Gasteiger partial charge >= 0.3 is 5.97 Å². The van der Waals surface area contributed by atoms with Crippen LogP contribution < -0.4 is 0 Å². The second kappa shape index (κ2) is 4.28. The Balaban J connectivity index is 1.40. The maximum Gasteiger partial charge on any atom is 0.334 e. The van der Waals surface area contributed by atoms with E-state index >= 15 is 0 Å². The molecule has 2 saturated carbocycles. The molecule has 7 rings (SSSR count). The SMILES string of the molecule is CC(C)C1C(Cl)C2OC23C2(C)CCC4=C(COC4=O)C2CC2OC23C12CO2. The summed E-state index contributed by atoms with van der Waals surface area (Å²) in [5.74, 6) is 0.823. The Morgan fingerprint density at radius 1 is 1.22 bits per heavy atom. The molecule has 0 aromatic heterocycles. The number of rotatable bonds is 1. The van der Waals surface area contributed by atoms with Crippen LogP contribution in [0.25, 0.3) is 0 Å². The van der Waals surface area contributed by atoms with Crippen molar-refractivity contribution in [3.63, 3.8) is 0 Å². The number of carbonyl (C=O) groups is 1. The van der Waals surface area contributed by atoms with Gasteiger partial charge in [0, 0.05) is 16.9 Å². The first kappa shape index (κ1) is 16.2. The molecule has 7 aliphatic rings. The molecule has 3 saturated heterocycles. The second-order valence-electron chi connectivity index (χ2n) is 10.3. The number of halogens is 1. The van der Waals surface area contributed by atoms with E-state index in [0.29, 0.717) is 12.5 Å². The Morgan fingerprint density at radius 2 is 2.00 bits per heavy atom. The summed E-state index contributed by atoms with van der Waals surface area (Å²) in [4.78, 5) is 12.2. The van der Waals surface area contributed by atoms with E-state index in [1.807, 2.05) is 0 Å². The standard InChI is InChI=1S/C21H25ClO5/c1-9(2)14-15(22)16-21(27-16)18(3)5-4-10-11(7-24-17(10)23)12(18)6-13-20(21,26-13)19(14)8-25-19/h9,12-16H,4-8H2,1-3H3. The van der Waals surface area contributed by atoms with Crippen LogP contribution in [0, 0.1) is 23.2 Å². The van der Waals surface area contributed by atoms with Crippen molar-refractivity contribution in [3.05, 3.63) is 11.1 Å². The predicted molar refractivity (Wildman–Crippen MR) is 95.3 cm³/mol. The van der Waals surface area contributed by atoms with E-state index in [1.165, 1.54) is 5.57 Å². The highest BCUT2D eigenvalue weighted by molar-refractivity contribution is 6.22. The fraction of sp³-hybridized carbons (Fsp3) is 0.857. The molecular formula is C21H25ClO5. The van der Waals surface area contributed by atoms with Crippen molar-refractivity contribution in [1.82, 2.24) is 0 Å². The highest BCUT2D eigenvalue weighted by atomic mass is 35.5. The molecule has 0 radical (unpaired) electrons. The zero-order valence-corrected chi connectivity index (χ0v) is 16.7. The average molecular weight is 393 g/mol. The first-order chi connectivity index (χ1) is 12.8. The van der Waals surface area contributed by atoms with Crippen molar-refractivity contribution >= 4 is 17.6 Å². The first-order valence-corrected chi connectivity index (χ1v) is 10.8. The van der Waals surface area contributed by atoms with Gasteiger partial charge in [0.1, 0.15) is 23.9 Å². The Hall–Kier alpha value is -0.620. The number of cyclic esters (lactones) is 1. The third-order valence-electron chi connectivity index (χ3n) is 9.28. The lowest BCUT2D eigenvalue weighted by Crippen LogP contribution is -2.70. The molecule has 3 aliphatic carbocycles. The van der Waals surface area contributed by atoms with Crippen molar-refractivity contribution in [1.29, 1.82) is 0 Å². The average Bonchev–Trinajstić information content (AvgIpc) is 3.49. The van der Waals surface area contributed by atoms with Crippen molar-refractivity contribution in [2.45, 2.75) is 74.4 Å². The predicted octanol–water partition coefficient (Wildman–Crippen LogP) is 2.60. The fourth-order valence-corrected chi connectivity index (χ4v) is 8.89. The molecule has 9 atom stereocenters. The summed E-state index contributed by atoms with van der Waals surface area (Å²) in [7, 11) is 0. The van der Waals surface area contributed by atoms with Crippen LogP contribution in [-0.4, -0.2) is 53.6 Å². The molecule has 0 aromatic carbocycles. The number of epoxide rings is 3. The van der Waals surface area contributed by atoms with E-state index in [2.05, 4.69) is 20.8 Å². The molecule has 3 spiro atoms. The van der Waals surface area contributed by atoms with Gasteiger partial charge in [-0.05, 0) is 36.7 Å². The van der Waals surface area contributed by atoms with E-state index in [-0.39, 0.29) is 57.6 Å². The lowest BCUT2D eigenvalue weighted by Gasteiger charge is -2.55. The number of esters is 1. The minimum absolute atomic E-state index is 0.0133. The van der Waals surface area contributed by atoms with Gasteiger partial charge in [-0.1, -0.05) is 20.8 Å². The van der Waals surface area contributed by atoms with Gasteiger partial charge in [-0.25, -0.2) is 4.79 Å². The zero-order valence-electron chi connectivity index (χ0n) is 15.9. The molecule has 9 unspecified atom stereocenters. The molecule has 4 aliphatic heterocycles. The molecular weight excluding hydrogens is 368 g/mol. The Labute approximate surface area is 163 Å². The lowest BCUT2D eigenvalue weighted by atomic mass is 9.45. The largest absolute Gasteiger partial charge is 0.458 e. The van der Waals surface area contributed by atoms with E-state index in [9.17, 15) is 4.79 Å². The Kier molecular flexibility index (Phi) is 2.57. The van der Waals surface area contributed by atoms with Crippen molar-refractivity contribution in [2.24, 2.45) is 23.2 Å². The second-order valence-corrected chi connectivity index (χ2v) is 10.8. The van der Waals surface area contributed by atoms with E-state index in [4.69, 9.17) is 30.5 Å². The van der Waals surface area contributed by atoms with Crippen LogP contribution in [0.3, 0.4) is 0 Å². The topological polar surface area (TPSA) is 63.9 Å². The van der Waals surface area contributed by atoms with Crippen LogP contribution in [0.15, 0.2) is 11.1 Å². The Morgan fingerprint density at radius 3 is 2.70 bits per heavy atom. The van der Waals surface area contributed by atoms with E-state index in [0.717, 1.165) is 31.4 Å². The van der Waals surface area contributed by atoms with Crippen molar-refractivity contribution in [2.75, 3.05) is 13.2 Å². The summed E-state index contributed by atoms with van der Waals surface area (Å²) in [5.41, 5.74) is 0.991. The summed E-state index contributed by atoms with van der Waals surface area (Å²) in [6, 6.07) is 0. The third-order valence-corrected chi connectivity index (χ3v) is 9.78. The minimum atomic E-state index is -0.383.